The molecule has 6 atom stereocenters. The Labute approximate surface area is 455 Å². The second kappa shape index (κ2) is 25.8. The van der Waals surface area contributed by atoms with Crippen molar-refractivity contribution in [2.75, 3.05) is 52.0 Å². The van der Waals surface area contributed by atoms with Gasteiger partial charge in [0.05, 0.1) is 68.1 Å². The third kappa shape index (κ3) is 16.1. The van der Waals surface area contributed by atoms with Crippen molar-refractivity contribution in [3.05, 3.63) is 94.8 Å². The summed E-state index contributed by atoms with van der Waals surface area (Å²) in [6.07, 6.45) is -6.59. The van der Waals surface area contributed by atoms with Gasteiger partial charge in [0.2, 0.25) is 11.9 Å². The van der Waals surface area contributed by atoms with E-state index in [0.29, 0.717) is 73.2 Å². The number of aliphatic hydroxyl groups excluding tert-OH is 1. The van der Waals surface area contributed by atoms with E-state index in [1.165, 1.54) is 0 Å². The molecule has 3 aromatic rings. The van der Waals surface area contributed by atoms with Gasteiger partial charge in [0, 0.05) is 68.1 Å². The number of aliphatic imine (C=N–C) groups is 1. The monoisotopic (exact) mass is 1110 g/mol. The maximum absolute atomic E-state index is 14.6. The number of amides is 4. The van der Waals surface area contributed by atoms with Crippen LogP contribution in [0, 0.1) is 22.7 Å². The lowest BCUT2D eigenvalue weighted by Crippen LogP contribution is -2.63. The molecule has 19 nitrogen and oxygen atoms in total. The normalized spacial score (nSPS) is 19.3. The maximum Gasteiger partial charge on any atom is 0.407 e. The minimum Gasteiger partial charge on any atom is -0.453 e. The zero-order valence-corrected chi connectivity index (χ0v) is 45.2. The third-order valence-electron chi connectivity index (χ3n) is 14.3. The topological polar surface area (TPSA) is 238 Å². The van der Waals surface area contributed by atoms with Crippen molar-refractivity contribution in [3.8, 4) is 11.8 Å². The number of carbonyl (C=O) groups excluding carboxylic acids is 4. The number of rotatable bonds is 20. The first-order valence-electron chi connectivity index (χ1n) is 25.6. The van der Waals surface area contributed by atoms with Gasteiger partial charge in [0.25, 0.3) is 5.91 Å². The van der Waals surface area contributed by atoms with Crippen molar-refractivity contribution in [2.24, 2.45) is 21.6 Å². The van der Waals surface area contributed by atoms with Gasteiger partial charge >= 0.3 is 24.5 Å². The van der Waals surface area contributed by atoms with Crippen LogP contribution < -0.4 is 32.0 Å². The highest BCUT2D eigenvalue weighted by molar-refractivity contribution is 5.87. The molecule has 0 radical (unpaired) electrons. The smallest absolute Gasteiger partial charge is 0.407 e. The van der Waals surface area contributed by atoms with Crippen LogP contribution in [-0.4, -0.2) is 163 Å². The highest BCUT2D eigenvalue weighted by atomic mass is 19.4. The molecule has 0 unspecified atom stereocenters. The van der Waals surface area contributed by atoms with Crippen LogP contribution in [0.25, 0.3) is 5.70 Å². The lowest BCUT2D eigenvalue weighted by Gasteiger charge is -2.49. The molecular formula is C54H69F6N11O8. The van der Waals surface area contributed by atoms with E-state index in [1.807, 2.05) is 10.6 Å². The van der Waals surface area contributed by atoms with Crippen LogP contribution in [0.1, 0.15) is 82.2 Å². The lowest BCUT2D eigenvalue weighted by atomic mass is 9.82. The first-order valence-corrected chi connectivity index (χ1v) is 25.6. The fraction of sp³-hybridized carbons (Fsp3) is 0.537. The van der Waals surface area contributed by atoms with Crippen molar-refractivity contribution in [1.82, 2.24) is 41.3 Å². The quantitative estimate of drug-likeness (QED) is 0.0367. The number of hydrogen-bond donors (Lipinski definition) is 6. The Hall–Kier alpha value is -7.01. The van der Waals surface area contributed by atoms with Crippen molar-refractivity contribution >= 4 is 41.9 Å². The number of hydrazine groups is 1. The molecule has 3 heterocycles. The minimum atomic E-state index is -5.08. The Balaban J connectivity index is 1.28. The molecule has 2 saturated heterocycles. The van der Waals surface area contributed by atoms with Gasteiger partial charge in [-0.2, -0.15) is 26.3 Å². The van der Waals surface area contributed by atoms with Crippen molar-refractivity contribution in [1.29, 1.82) is 0 Å². The van der Waals surface area contributed by atoms with Crippen LogP contribution in [0.4, 0.5) is 41.9 Å². The SMILES string of the molecule is COC(=O)N[C@H](C(=O)N[C@@H](Cc1ccc(C#Cc2cnc(N3C[C@@H](C)N(C4COC4)C[C@H]3C)nc2)cc1)[C@@H](O)CN(Cc1ccc(/C(N)=C/C=NC2CC2)cc1)NC(=O)[C@@H](NC(=O)OC)C(C)(C)C(F)(F)F)C(C)(C)C(F)(F)F. The highest BCUT2D eigenvalue weighted by Gasteiger charge is 2.57. The standard InChI is InChI=1S/C54H69F6N11O8/c1-32-27-71(33(2)26-70(32)40-30-79-31-40)48-63-24-37(25-64-48)14-11-34-9-12-35(13-10-34)23-42(65-46(73)44(66-49(75)77-7)51(3,4)53(55,56)57)43(72)29-69(68-47(74)45(67-50(76)78-8)52(5,6)54(58,59)60)28-36-15-17-38(18-16-36)41(61)21-22-62-39-19-20-39/h9-10,12-13,15-18,21-22,24-25,32-33,39-40,42-45,72H,19-20,23,26-31,61H2,1-8H3,(H,65,73)(H,66,75)(H,67,76)(H,68,74)/b41-21-,62-22?/t32-,33-,42+,43+,44-,45-/m1/s1. The molecule has 7 N–H and O–H groups in total. The second-order valence-corrected chi connectivity index (χ2v) is 21.1. The highest BCUT2D eigenvalue weighted by Crippen LogP contribution is 2.42. The van der Waals surface area contributed by atoms with E-state index < -0.39 is 78.0 Å². The number of hydrogen-bond acceptors (Lipinski definition) is 15. The third-order valence-corrected chi connectivity index (χ3v) is 14.3. The zero-order chi connectivity index (χ0) is 58.0. The van der Waals surface area contributed by atoms with Gasteiger partial charge in [-0.1, -0.05) is 48.2 Å². The van der Waals surface area contributed by atoms with Gasteiger partial charge in [0.15, 0.2) is 0 Å². The van der Waals surface area contributed by atoms with Gasteiger partial charge in [-0.3, -0.25) is 24.9 Å². The Morgan fingerprint density at radius 1 is 0.810 bits per heavy atom. The number of anilines is 1. The molecule has 4 amide bonds. The van der Waals surface area contributed by atoms with Gasteiger partial charge < -0.3 is 45.9 Å². The Bertz CT molecular complexity index is 2710. The van der Waals surface area contributed by atoms with E-state index in [4.69, 9.17) is 10.5 Å². The van der Waals surface area contributed by atoms with Crippen LogP contribution in [0.3, 0.4) is 0 Å². The van der Waals surface area contributed by atoms with E-state index >= 15 is 0 Å². The number of alkyl halides is 6. The summed E-state index contributed by atoms with van der Waals surface area (Å²) in [7, 11) is 1.78. The predicted molar refractivity (Wildman–Crippen MR) is 281 cm³/mol. The number of carbonyl (C=O) groups is 4. The molecular weight excluding hydrogens is 1040 g/mol. The lowest BCUT2D eigenvalue weighted by molar-refractivity contribution is -0.221. The van der Waals surface area contributed by atoms with Gasteiger partial charge in [-0.25, -0.2) is 24.6 Å². The van der Waals surface area contributed by atoms with Crippen LogP contribution >= 0.6 is 0 Å². The van der Waals surface area contributed by atoms with E-state index in [-0.39, 0.29) is 31.1 Å². The summed E-state index contributed by atoms with van der Waals surface area (Å²) in [5.41, 5.74) is 5.60. The molecule has 430 valence electrons. The molecule has 3 aliphatic rings. The molecule has 3 fully saturated rings. The molecule has 79 heavy (non-hydrogen) atoms. The number of aromatic nitrogens is 2. The molecule has 0 spiro atoms. The largest absolute Gasteiger partial charge is 0.453 e. The number of piperazine rings is 1. The summed E-state index contributed by atoms with van der Waals surface area (Å²) in [6, 6.07) is 7.78. The molecule has 1 saturated carbocycles. The Kier molecular flexibility index (Phi) is 20.0. The van der Waals surface area contributed by atoms with Gasteiger partial charge in [-0.15, -0.1) is 0 Å². The zero-order valence-electron chi connectivity index (χ0n) is 45.2. The van der Waals surface area contributed by atoms with Gasteiger partial charge in [0.1, 0.15) is 12.1 Å². The summed E-state index contributed by atoms with van der Waals surface area (Å²) in [5, 5.41) is 19.5. The van der Waals surface area contributed by atoms with E-state index in [0.717, 1.165) is 58.4 Å². The number of methoxy groups -OCH3 is 2. The molecule has 1 aromatic heterocycles. The first-order chi connectivity index (χ1) is 37.1. The van der Waals surface area contributed by atoms with Crippen LogP contribution in [0.5, 0.6) is 0 Å². The molecule has 2 aromatic carbocycles. The van der Waals surface area contributed by atoms with Crippen molar-refractivity contribution < 1.29 is 64.8 Å². The Morgan fingerprint density at radius 3 is 1.87 bits per heavy atom. The van der Waals surface area contributed by atoms with Crippen molar-refractivity contribution in [3.63, 3.8) is 0 Å². The number of halogens is 6. The van der Waals surface area contributed by atoms with Gasteiger partial charge in [-0.05, 0) is 95.7 Å². The van der Waals surface area contributed by atoms with Crippen LogP contribution in [0.2, 0.25) is 0 Å². The first kappa shape index (κ1) is 61.2. The molecule has 2 aliphatic heterocycles. The average Bonchev–Trinajstić information content (AvgIpc) is 4.24. The van der Waals surface area contributed by atoms with E-state index in [9.17, 15) is 50.6 Å². The van der Waals surface area contributed by atoms with E-state index in [1.54, 1.807) is 73.2 Å². The van der Waals surface area contributed by atoms with Crippen LogP contribution in [-0.2, 0) is 36.8 Å². The fourth-order valence-corrected chi connectivity index (χ4v) is 8.70. The number of benzene rings is 2. The number of aliphatic hydroxyl groups is 1. The number of nitrogens with zero attached hydrogens (tertiary/aromatic N) is 6. The Morgan fingerprint density at radius 2 is 1.35 bits per heavy atom. The number of nitrogens with one attached hydrogen (secondary N) is 4. The van der Waals surface area contributed by atoms with Crippen LogP contribution in [0.15, 0.2) is 72.0 Å². The number of nitrogens with two attached hydrogens (primary N) is 1. The van der Waals surface area contributed by atoms with E-state index in [2.05, 4.69) is 70.7 Å². The summed E-state index contributed by atoms with van der Waals surface area (Å²) in [4.78, 5) is 71.2. The minimum absolute atomic E-state index is 0.161. The molecule has 6 rings (SSSR count). The number of allylic oxidation sites excluding steroid dienone is 1. The second-order valence-electron chi connectivity index (χ2n) is 21.1. The van der Waals surface area contributed by atoms with Crippen molar-refractivity contribution in [2.45, 2.75) is 128 Å². The predicted octanol–water partition coefficient (Wildman–Crippen LogP) is 5.25. The fourth-order valence-electron chi connectivity index (χ4n) is 8.70. The maximum atomic E-state index is 14.6. The summed E-state index contributed by atoms with van der Waals surface area (Å²) in [6.45, 7) is 9.01. The summed E-state index contributed by atoms with van der Waals surface area (Å²) < 4.78 is 102. The number of alkyl carbamates (subject to hydrolysis) is 2. The number of ether oxygens (including phenoxy) is 3. The molecule has 25 heteroatoms. The summed E-state index contributed by atoms with van der Waals surface area (Å²) >= 11 is 0. The average molecular weight is 1110 g/mol. The summed E-state index contributed by atoms with van der Waals surface area (Å²) in [5.74, 6) is 3.86. The molecule has 0 bridgehead atoms. The molecule has 1 aliphatic carbocycles.